The highest BCUT2D eigenvalue weighted by molar-refractivity contribution is 6.60. The maximum Gasteiger partial charge on any atom is 0.305 e. The summed E-state index contributed by atoms with van der Waals surface area (Å²) >= 11 is 0. The number of hydrogen-bond acceptors (Lipinski definition) is 2. The van der Waals surface area contributed by atoms with E-state index in [1.54, 1.807) is 0 Å². The third kappa shape index (κ3) is 4.03. The Bertz CT molecular complexity index is 297. The van der Waals surface area contributed by atoms with E-state index >= 15 is 0 Å². The molecule has 1 fully saturated rings. The molecule has 104 valence electrons. The molecule has 3 heteroatoms. The highest BCUT2D eigenvalue weighted by atomic mass is 16.6. The Morgan fingerprint density at radius 2 is 1.56 bits per heavy atom. The molecule has 18 heavy (non-hydrogen) atoms. The summed E-state index contributed by atoms with van der Waals surface area (Å²) in [7, 11) is 0. The first-order valence-electron chi connectivity index (χ1n) is 7.15. The quantitative estimate of drug-likeness (QED) is 0.553. The number of carbonyl (C=O) groups is 1. The van der Waals surface area contributed by atoms with Crippen LogP contribution in [-0.4, -0.2) is 18.3 Å². The smallest absolute Gasteiger partial charge is 0.305 e. The Kier molecular flexibility index (Phi) is 4.25. The zero-order chi connectivity index (χ0) is 14.2. The van der Waals surface area contributed by atoms with Crippen LogP contribution in [-0.2, 0) is 9.53 Å². The van der Waals surface area contributed by atoms with Gasteiger partial charge in [-0.05, 0) is 31.6 Å². The molecule has 0 radical (unpaired) electrons. The minimum absolute atomic E-state index is 0.0509. The van der Waals surface area contributed by atoms with Crippen molar-refractivity contribution in [1.29, 1.82) is 0 Å². The number of hydrogen-bond donors (Lipinski definition) is 0. The largest absolute Gasteiger partial charge is 0.460 e. The molecule has 0 bridgehead atoms. The lowest BCUT2D eigenvalue weighted by atomic mass is 9.44. The van der Waals surface area contributed by atoms with Crippen LogP contribution in [0.3, 0.4) is 0 Å². The van der Waals surface area contributed by atoms with Crippen LogP contribution in [0, 0.1) is 10.8 Å². The molecule has 0 saturated carbocycles. The van der Waals surface area contributed by atoms with Crippen molar-refractivity contribution in [2.45, 2.75) is 79.4 Å². The maximum absolute atomic E-state index is 11.7. The summed E-state index contributed by atoms with van der Waals surface area (Å²) in [6, 6.07) is 0. The van der Waals surface area contributed by atoms with Crippen LogP contribution in [0.2, 0.25) is 19.0 Å². The summed E-state index contributed by atoms with van der Waals surface area (Å²) in [4.78, 5) is 11.7. The van der Waals surface area contributed by atoms with Gasteiger partial charge in [-0.1, -0.05) is 46.7 Å². The zero-order valence-corrected chi connectivity index (χ0v) is 13.2. The van der Waals surface area contributed by atoms with Gasteiger partial charge in [0.2, 0.25) is 0 Å². The molecule has 0 spiro atoms. The second-order valence-corrected chi connectivity index (χ2v) is 8.17. The Morgan fingerprint density at radius 1 is 1.11 bits per heavy atom. The first-order chi connectivity index (χ1) is 7.93. The number of esters is 1. The second-order valence-electron chi connectivity index (χ2n) is 8.17. The molecule has 1 aliphatic rings. The summed E-state index contributed by atoms with van der Waals surface area (Å²) in [6.07, 6.45) is 3.99. The topological polar surface area (TPSA) is 26.3 Å². The molecule has 0 aromatic rings. The molecular formula is C15H29BO2. The molecule has 0 amide bonds. The van der Waals surface area contributed by atoms with Gasteiger partial charge in [-0.2, -0.15) is 0 Å². The van der Waals surface area contributed by atoms with Crippen molar-refractivity contribution in [2.24, 2.45) is 10.8 Å². The molecule has 1 aliphatic heterocycles. The molecule has 0 N–H and O–H groups in total. The molecule has 0 aliphatic carbocycles. The van der Waals surface area contributed by atoms with Crippen LogP contribution in [0.1, 0.15) is 54.9 Å². The molecule has 1 saturated heterocycles. The molecule has 0 aromatic carbocycles. The van der Waals surface area contributed by atoms with E-state index in [4.69, 9.17) is 4.74 Å². The monoisotopic (exact) mass is 252 g/mol. The normalized spacial score (nSPS) is 22.1. The third-order valence-electron chi connectivity index (χ3n) is 4.61. The van der Waals surface area contributed by atoms with Crippen LogP contribution >= 0.6 is 0 Å². The highest BCUT2D eigenvalue weighted by Crippen LogP contribution is 2.53. The Morgan fingerprint density at radius 3 is 1.94 bits per heavy atom. The maximum atomic E-state index is 11.7. The Balaban J connectivity index is 2.41. The second kappa shape index (κ2) is 4.90. The van der Waals surface area contributed by atoms with Crippen LogP contribution in [0.4, 0.5) is 0 Å². The van der Waals surface area contributed by atoms with Crippen molar-refractivity contribution in [3.05, 3.63) is 0 Å². The molecule has 2 nitrogen and oxygen atoms in total. The number of ether oxygens (including phenoxy) is 1. The van der Waals surface area contributed by atoms with Gasteiger partial charge in [0.1, 0.15) is 12.3 Å². The molecule has 0 atom stereocenters. The van der Waals surface area contributed by atoms with Crippen LogP contribution < -0.4 is 0 Å². The van der Waals surface area contributed by atoms with Gasteiger partial charge in [-0.15, -0.1) is 0 Å². The summed E-state index contributed by atoms with van der Waals surface area (Å²) < 4.78 is 5.36. The lowest BCUT2D eigenvalue weighted by Gasteiger charge is -2.35. The predicted molar refractivity (Wildman–Crippen MR) is 78.2 cm³/mol. The first-order valence-corrected chi connectivity index (χ1v) is 7.15. The van der Waals surface area contributed by atoms with Crippen LogP contribution in [0.5, 0.6) is 0 Å². The van der Waals surface area contributed by atoms with Crippen LogP contribution in [0.25, 0.3) is 0 Å². The SMILES string of the molecule is CC(C)(C)OC(=O)CCB1CC(C)(C)C(C)(C)C1. The minimum Gasteiger partial charge on any atom is -0.460 e. The zero-order valence-electron chi connectivity index (χ0n) is 13.2. The highest BCUT2D eigenvalue weighted by Gasteiger charge is 2.47. The summed E-state index contributed by atoms with van der Waals surface area (Å²) in [5.74, 6) is -0.0509. The van der Waals surface area contributed by atoms with Gasteiger partial charge in [0.25, 0.3) is 0 Å². The summed E-state index contributed by atoms with van der Waals surface area (Å²) in [5, 5.41) is 0. The van der Waals surface area contributed by atoms with E-state index < -0.39 is 0 Å². The first kappa shape index (κ1) is 15.6. The summed E-state index contributed by atoms with van der Waals surface area (Å²) in [6.45, 7) is 15.8. The minimum atomic E-state index is -0.356. The third-order valence-corrected chi connectivity index (χ3v) is 4.61. The van der Waals surface area contributed by atoms with Gasteiger partial charge < -0.3 is 4.74 Å². The predicted octanol–water partition coefficient (Wildman–Crippen LogP) is 4.28. The van der Waals surface area contributed by atoms with Crippen molar-refractivity contribution in [3.63, 3.8) is 0 Å². The number of rotatable bonds is 3. The molecular weight excluding hydrogens is 223 g/mol. The van der Waals surface area contributed by atoms with E-state index in [9.17, 15) is 4.79 Å². The molecule has 1 heterocycles. The molecule has 0 aromatic heterocycles. The van der Waals surface area contributed by atoms with Crippen molar-refractivity contribution < 1.29 is 9.53 Å². The van der Waals surface area contributed by atoms with Crippen molar-refractivity contribution >= 4 is 12.7 Å². The van der Waals surface area contributed by atoms with E-state index in [0.717, 1.165) is 6.32 Å². The summed E-state index contributed by atoms with van der Waals surface area (Å²) in [5.41, 5.74) is 0.405. The van der Waals surface area contributed by atoms with Gasteiger partial charge in [0.15, 0.2) is 0 Å². The lowest BCUT2D eigenvalue weighted by molar-refractivity contribution is -0.154. The fourth-order valence-electron chi connectivity index (χ4n) is 2.99. The van der Waals surface area contributed by atoms with E-state index in [2.05, 4.69) is 27.7 Å². The fourth-order valence-corrected chi connectivity index (χ4v) is 2.99. The van der Waals surface area contributed by atoms with E-state index in [0.29, 0.717) is 24.0 Å². The van der Waals surface area contributed by atoms with Crippen LogP contribution in [0.15, 0.2) is 0 Å². The van der Waals surface area contributed by atoms with Gasteiger partial charge in [0, 0.05) is 6.42 Å². The Labute approximate surface area is 113 Å². The average molecular weight is 252 g/mol. The van der Waals surface area contributed by atoms with E-state index in [1.165, 1.54) is 12.6 Å². The van der Waals surface area contributed by atoms with Crippen molar-refractivity contribution in [1.82, 2.24) is 0 Å². The number of carbonyl (C=O) groups excluding carboxylic acids is 1. The van der Waals surface area contributed by atoms with Gasteiger partial charge in [-0.25, -0.2) is 0 Å². The van der Waals surface area contributed by atoms with E-state index in [1.807, 2.05) is 20.8 Å². The molecule has 0 unspecified atom stereocenters. The lowest BCUT2D eigenvalue weighted by Crippen LogP contribution is -2.24. The average Bonchev–Trinajstić information content (AvgIpc) is 2.29. The van der Waals surface area contributed by atoms with E-state index in [-0.39, 0.29) is 11.6 Å². The van der Waals surface area contributed by atoms with Gasteiger partial charge in [0.05, 0.1) is 0 Å². The van der Waals surface area contributed by atoms with Gasteiger partial charge in [-0.3, -0.25) is 4.79 Å². The Hall–Kier alpha value is -0.465. The van der Waals surface area contributed by atoms with Crippen molar-refractivity contribution in [2.75, 3.05) is 0 Å². The van der Waals surface area contributed by atoms with Crippen molar-refractivity contribution in [3.8, 4) is 0 Å². The standard InChI is InChI=1S/C15H29BO2/c1-13(2,3)18-12(17)8-9-16-10-14(4,5)15(6,7)11-16/h8-11H2,1-7H3. The van der Waals surface area contributed by atoms with Gasteiger partial charge >= 0.3 is 5.97 Å². The molecule has 1 rings (SSSR count). The fraction of sp³-hybridized carbons (Fsp3) is 0.933.